The standard InChI is InChI=1S/C11H13N5S/c1-2-16-8-6-4-3-5-7(8)9(10(16)17)14-15-11(12)13/h3-6,17H,2H2,1H3,(H3,12,13)/p+1. The minimum atomic E-state index is -0.0638. The van der Waals surface area contributed by atoms with Crippen molar-refractivity contribution in [1.29, 1.82) is 0 Å². The average Bonchev–Trinajstić information content (AvgIpc) is 2.58. The largest absolute Gasteiger partial charge is 0.403 e. The first-order valence-electron chi connectivity index (χ1n) is 5.25. The third-order valence-corrected chi connectivity index (χ3v) is 2.95. The number of nitrogens with zero attached hydrogens (tertiary/aromatic N) is 3. The van der Waals surface area contributed by atoms with Gasteiger partial charge in [0.25, 0.3) is 0 Å². The number of aromatic nitrogens is 1. The summed E-state index contributed by atoms with van der Waals surface area (Å²) in [6.45, 7) is 2.87. The molecule has 1 aromatic carbocycles. The van der Waals surface area contributed by atoms with Crippen LogP contribution >= 0.6 is 12.6 Å². The molecule has 17 heavy (non-hydrogen) atoms. The Morgan fingerprint density at radius 2 is 2.18 bits per heavy atom. The number of hydrogen-bond donors (Lipinski definition) is 3. The van der Waals surface area contributed by atoms with Gasteiger partial charge in [0.1, 0.15) is 10.7 Å². The quantitative estimate of drug-likeness (QED) is 0.316. The monoisotopic (exact) mass is 248 g/mol. The Morgan fingerprint density at radius 3 is 2.82 bits per heavy atom. The van der Waals surface area contributed by atoms with Crippen molar-refractivity contribution < 1.29 is 5.41 Å². The first-order chi connectivity index (χ1) is 8.15. The Labute approximate surface area is 104 Å². The van der Waals surface area contributed by atoms with E-state index in [4.69, 9.17) is 11.1 Å². The van der Waals surface area contributed by atoms with Gasteiger partial charge < -0.3 is 4.57 Å². The van der Waals surface area contributed by atoms with Crippen molar-refractivity contribution >= 4 is 35.2 Å². The van der Waals surface area contributed by atoms with Crippen LogP contribution in [0.2, 0.25) is 0 Å². The van der Waals surface area contributed by atoms with Crippen molar-refractivity contribution in [2.45, 2.75) is 18.5 Å². The van der Waals surface area contributed by atoms with Gasteiger partial charge in [-0.3, -0.25) is 11.1 Å². The van der Waals surface area contributed by atoms with Gasteiger partial charge in [0.15, 0.2) is 0 Å². The molecule has 0 aliphatic heterocycles. The van der Waals surface area contributed by atoms with Gasteiger partial charge in [0.05, 0.1) is 5.52 Å². The number of aryl methyl sites for hydroxylation is 1. The fraction of sp³-hybridized carbons (Fsp3) is 0.182. The predicted octanol–water partition coefficient (Wildman–Crippen LogP) is 1.11. The molecule has 88 valence electrons. The topological polar surface area (TPSA) is 81.3 Å². The maximum absolute atomic E-state index is 5.28. The number of azo groups is 1. The zero-order valence-corrected chi connectivity index (χ0v) is 10.4. The third kappa shape index (κ3) is 2.03. The summed E-state index contributed by atoms with van der Waals surface area (Å²) in [5, 5.41) is 14.8. The Kier molecular flexibility index (Phi) is 3.14. The van der Waals surface area contributed by atoms with Gasteiger partial charge in [-0.1, -0.05) is 23.3 Å². The molecule has 0 bridgehead atoms. The van der Waals surface area contributed by atoms with Gasteiger partial charge in [-0.15, -0.1) is 12.6 Å². The molecular weight excluding hydrogens is 234 g/mol. The maximum Gasteiger partial charge on any atom is 0.403 e. The van der Waals surface area contributed by atoms with E-state index in [1.54, 1.807) is 0 Å². The number of fused-ring (bicyclic) bond motifs is 1. The second kappa shape index (κ2) is 4.58. The number of benzene rings is 1. The van der Waals surface area contributed by atoms with E-state index in [0.717, 1.165) is 22.5 Å². The van der Waals surface area contributed by atoms with Gasteiger partial charge in [-0.2, -0.15) is 0 Å². The van der Waals surface area contributed by atoms with Crippen LogP contribution in [0.5, 0.6) is 0 Å². The van der Waals surface area contributed by atoms with Gasteiger partial charge in [0.2, 0.25) is 0 Å². The molecule has 0 saturated heterocycles. The van der Waals surface area contributed by atoms with Crippen LogP contribution in [0.25, 0.3) is 10.9 Å². The molecular formula is C11H14N5S+. The minimum absolute atomic E-state index is 0.0638. The van der Waals surface area contributed by atoms with Crippen LogP contribution in [0.3, 0.4) is 0 Å². The SMILES string of the molecule is CCn1c(S)c(N=NC(N)=[NH2+])c2ccccc21. The van der Waals surface area contributed by atoms with E-state index in [1.807, 2.05) is 24.3 Å². The van der Waals surface area contributed by atoms with E-state index in [-0.39, 0.29) is 5.96 Å². The van der Waals surface area contributed by atoms with Crippen LogP contribution in [0.4, 0.5) is 5.69 Å². The lowest BCUT2D eigenvalue weighted by molar-refractivity contribution is -0.117. The molecule has 1 aromatic heterocycles. The lowest BCUT2D eigenvalue weighted by atomic mass is 10.2. The molecule has 0 aliphatic carbocycles. The third-order valence-electron chi connectivity index (χ3n) is 2.50. The molecule has 4 N–H and O–H groups in total. The van der Waals surface area contributed by atoms with Crippen molar-refractivity contribution in [3.63, 3.8) is 0 Å². The molecule has 6 heteroatoms. The fourth-order valence-electron chi connectivity index (χ4n) is 1.80. The van der Waals surface area contributed by atoms with Crippen molar-refractivity contribution in [1.82, 2.24) is 4.57 Å². The van der Waals surface area contributed by atoms with Crippen LogP contribution in [0.1, 0.15) is 6.92 Å². The smallest absolute Gasteiger partial charge is 0.334 e. The summed E-state index contributed by atoms with van der Waals surface area (Å²) in [7, 11) is 0. The summed E-state index contributed by atoms with van der Waals surface area (Å²) >= 11 is 4.47. The second-order valence-corrected chi connectivity index (χ2v) is 3.98. The molecule has 2 rings (SSSR count). The zero-order valence-electron chi connectivity index (χ0n) is 9.46. The molecule has 0 aliphatic rings. The van der Waals surface area contributed by atoms with E-state index in [0.29, 0.717) is 5.69 Å². The zero-order chi connectivity index (χ0) is 12.4. The first-order valence-corrected chi connectivity index (χ1v) is 5.69. The number of nitrogens with two attached hydrogens (primary N) is 2. The Morgan fingerprint density at radius 1 is 1.47 bits per heavy atom. The van der Waals surface area contributed by atoms with E-state index in [2.05, 4.69) is 34.3 Å². The number of rotatable bonds is 2. The maximum atomic E-state index is 5.28. The summed E-state index contributed by atoms with van der Waals surface area (Å²) in [5.74, 6) is -0.0638. The highest BCUT2D eigenvalue weighted by Crippen LogP contribution is 2.35. The molecule has 5 nitrogen and oxygen atoms in total. The molecule has 0 atom stereocenters. The lowest BCUT2D eigenvalue weighted by Crippen LogP contribution is -2.43. The molecule has 0 fully saturated rings. The fourth-order valence-corrected chi connectivity index (χ4v) is 2.21. The molecule has 0 spiro atoms. The number of thiol groups is 1. The second-order valence-electron chi connectivity index (χ2n) is 3.56. The predicted molar refractivity (Wildman–Crippen MR) is 70.5 cm³/mol. The molecule has 0 radical (unpaired) electrons. The summed E-state index contributed by atoms with van der Waals surface area (Å²) in [5.41, 5.74) is 7.04. The van der Waals surface area contributed by atoms with Crippen LogP contribution in [0.15, 0.2) is 39.5 Å². The van der Waals surface area contributed by atoms with Crippen molar-refractivity contribution in [3.05, 3.63) is 24.3 Å². The highest BCUT2D eigenvalue weighted by atomic mass is 32.1. The molecule has 0 unspecified atom stereocenters. The van der Waals surface area contributed by atoms with E-state index < -0.39 is 0 Å². The summed E-state index contributed by atoms with van der Waals surface area (Å²) in [6, 6.07) is 7.92. The molecule has 0 saturated carbocycles. The van der Waals surface area contributed by atoms with Crippen molar-refractivity contribution in [3.8, 4) is 0 Å². The molecule has 2 aromatic rings. The van der Waals surface area contributed by atoms with Crippen LogP contribution < -0.4 is 11.1 Å². The highest BCUT2D eigenvalue weighted by Gasteiger charge is 2.14. The van der Waals surface area contributed by atoms with Gasteiger partial charge >= 0.3 is 5.96 Å². The Hall–Kier alpha value is -1.82. The van der Waals surface area contributed by atoms with E-state index in [9.17, 15) is 0 Å². The molecule has 0 amide bonds. The summed E-state index contributed by atoms with van der Waals surface area (Å²) in [6.07, 6.45) is 0. The van der Waals surface area contributed by atoms with Crippen LogP contribution in [-0.4, -0.2) is 10.5 Å². The minimum Gasteiger partial charge on any atom is -0.334 e. The normalized spacial score (nSPS) is 11.4. The van der Waals surface area contributed by atoms with Gasteiger partial charge in [-0.25, -0.2) is 0 Å². The van der Waals surface area contributed by atoms with Crippen LogP contribution in [-0.2, 0) is 6.54 Å². The van der Waals surface area contributed by atoms with Gasteiger partial charge in [-0.05, 0) is 13.0 Å². The molecule has 1 heterocycles. The van der Waals surface area contributed by atoms with E-state index in [1.165, 1.54) is 0 Å². The Bertz CT molecular complexity index is 599. The van der Waals surface area contributed by atoms with Crippen molar-refractivity contribution in [2.24, 2.45) is 16.0 Å². The van der Waals surface area contributed by atoms with Crippen LogP contribution in [0, 0.1) is 0 Å². The van der Waals surface area contributed by atoms with Gasteiger partial charge in [0, 0.05) is 17.0 Å². The van der Waals surface area contributed by atoms with Crippen molar-refractivity contribution in [2.75, 3.05) is 0 Å². The summed E-state index contributed by atoms with van der Waals surface area (Å²) in [4.78, 5) is 0. The van der Waals surface area contributed by atoms with E-state index >= 15 is 0 Å². The Balaban J connectivity index is 2.70. The average molecular weight is 248 g/mol. The highest BCUT2D eigenvalue weighted by molar-refractivity contribution is 7.80. The lowest BCUT2D eigenvalue weighted by Gasteiger charge is -2.01. The number of guanidine groups is 1. The summed E-state index contributed by atoms with van der Waals surface area (Å²) < 4.78 is 2.06. The number of hydrogen-bond acceptors (Lipinski definition) is 2. The first kappa shape index (κ1) is 11.7. The number of para-hydroxylation sites is 1.